The molecule has 4 fully saturated rings. The maximum atomic E-state index is 11.9. The number of aliphatic hydroxyl groups is 1. The van der Waals surface area contributed by atoms with Gasteiger partial charge in [-0.25, -0.2) is 4.79 Å². The average Bonchev–Trinajstić information content (AvgIpc) is 3.29. The van der Waals surface area contributed by atoms with Gasteiger partial charge in [0.05, 0.1) is 5.71 Å². The Morgan fingerprint density at radius 3 is 2.54 bits per heavy atom. The van der Waals surface area contributed by atoms with Crippen LogP contribution in [0.1, 0.15) is 78.1 Å². The fraction of sp³-hybridized carbons (Fsp3) is 0.704. The third kappa shape index (κ3) is 3.70. The van der Waals surface area contributed by atoms with Crippen LogP contribution in [0.3, 0.4) is 0 Å². The van der Waals surface area contributed by atoms with Crippen molar-refractivity contribution in [2.24, 2.45) is 33.7 Å². The minimum atomic E-state index is -0.986. The largest absolute Gasteiger partial charge is 0.383 e. The van der Waals surface area contributed by atoms with Crippen molar-refractivity contribution in [3.05, 3.63) is 11.6 Å². The highest BCUT2D eigenvalue weighted by molar-refractivity contribution is 6.01. The van der Waals surface area contributed by atoms with Gasteiger partial charge in [0.2, 0.25) is 6.61 Å². The Hall–Kier alpha value is -2.66. The lowest BCUT2D eigenvalue weighted by atomic mass is 9.46. The number of carbonyl (C=O) groups is 3. The number of allylic oxidation sites excluding steroid dienone is 2. The second-order valence-corrected chi connectivity index (χ2v) is 11.4. The molecule has 0 bridgehead atoms. The highest BCUT2D eigenvalue weighted by atomic mass is 16.7. The van der Waals surface area contributed by atoms with Crippen molar-refractivity contribution >= 4 is 23.5 Å². The molecule has 6 atom stereocenters. The summed E-state index contributed by atoms with van der Waals surface area (Å²) in [7, 11) is 0. The standard InChI is InChI=1S/C27H34N2O6/c1-4-27(33)14-11-21-19-6-5-17-15-18(9-12-25(17,2)20(19)10-13-26(21,27)3)28-34-16-24(32)35-29-22(30)7-8-23(29)31/h1,15,19-21,33H,5-14,16H2,2-3H3/b28-18+/t19-,20+,21+,25-,26-,27+/m0/s1. The molecule has 4 aliphatic carbocycles. The molecular formula is C27H34N2O6. The average molecular weight is 483 g/mol. The van der Waals surface area contributed by atoms with Gasteiger partial charge in [-0.15, -0.1) is 11.5 Å². The molecule has 0 aromatic rings. The summed E-state index contributed by atoms with van der Waals surface area (Å²) in [6, 6.07) is 0. The van der Waals surface area contributed by atoms with E-state index < -0.39 is 30.0 Å². The lowest BCUT2D eigenvalue weighted by molar-refractivity contribution is -0.200. The molecule has 0 aromatic carbocycles. The molecule has 1 saturated heterocycles. The third-order valence-electron chi connectivity index (χ3n) is 9.93. The van der Waals surface area contributed by atoms with Crippen molar-refractivity contribution in [1.29, 1.82) is 0 Å². The number of nitrogens with zero attached hydrogens (tertiary/aromatic N) is 2. The van der Waals surface area contributed by atoms with E-state index in [0.717, 1.165) is 50.7 Å². The zero-order chi connectivity index (χ0) is 25.0. The molecule has 0 spiro atoms. The summed E-state index contributed by atoms with van der Waals surface area (Å²) >= 11 is 0. The molecular weight excluding hydrogens is 448 g/mol. The highest BCUT2D eigenvalue weighted by Crippen LogP contribution is 2.67. The minimum Gasteiger partial charge on any atom is -0.383 e. The summed E-state index contributed by atoms with van der Waals surface area (Å²) in [6.07, 6.45) is 15.5. The molecule has 0 unspecified atom stereocenters. The highest BCUT2D eigenvalue weighted by Gasteiger charge is 2.63. The second kappa shape index (κ2) is 8.48. The van der Waals surface area contributed by atoms with E-state index in [-0.39, 0.29) is 23.7 Å². The molecule has 1 N–H and O–H groups in total. The van der Waals surface area contributed by atoms with Crippen LogP contribution in [0, 0.1) is 40.9 Å². The third-order valence-corrected chi connectivity index (χ3v) is 9.93. The Balaban J connectivity index is 1.23. The maximum absolute atomic E-state index is 11.9. The van der Waals surface area contributed by atoms with Gasteiger partial charge in [0.25, 0.3) is 11.8 Å². The number of carbonyl (C=O) groups excluding carboxylic acids is 3. The fourth-order valence-electron chi connectivity index (χ4n) is 7.85. The van der Waals surface area contributed by atoms with Crippen molar-refractivity contribution in [3.8, 4) is 12.3 Å². The molecule has 35 heavy (non-hydrogen) atoms. The molecule has 0 radical (unpaired) electrons. The lowest BCUT2D eigenvalue weighted by Crippen LogP contribution is -2.54. The normalized spacial score (nSPS) is 41.5. The number of hydroxylamine groups is 2. The van der Waals surface area contributed by atoms with E-state index in [1.54, 1.807) is 0 Å². The summed E-state index contributed by atoms with van der Waals surface area (Å²) in [5, 5.41) is 15.8. The van der Waals surface area contributed by atoms with Gasteiger partial charge in [0.15, 0.2) is 0 Å². The first-order valence-electron chi connectivity index (χ1n) is 12.8. The second-order valence-electron chi connectivity index (χ2n) is 11.4. The first kappa shape index (κ1) is 24.1. The zero-order valence-electron chi connectivity index (χ0n) is 20.5. The van der Waals surface area contributed by atoms with Crippen LogP contribution in [0.4, 0.5) is 0 Å². The van der Waals surface area contributed by atoms with E-state index in [2.05, 4.69) is 31.0 Å². The smallest absolute Gasteiger partial charge is 0.373 e. The van der Waals surface area contributed by atoms with E-state index in [1.807, 2.05) is 0 Å². The van der Waals surface area contributed by atoms with Crippen LogP contribution in [0.2, 0.25) is 0 Å². The summed E-state index contributed by atoms with van der Waals surface area (Å²) in [4.78, 5) is 45.1. The van der Waals surface area contributed by atoms with Gasteiger partial charge in [-0.1, -0.05) is 30.5 Å². The van der Waals surface area contributed by atoms with E-state index in [9.17, 15) is 19.5 Å². The maximum Gasteiger partial charge on any atom is 0.373 e. The minimum absolute atomic E-state index is 0.0498. The molecule has 5 aliphatic rings. The number of hydrogen-bond acceptors (Lipinski definition) is 7. The molecule has 8 heteroatoms. The van der Waals surface area contributed by atoms with E-state index in [0.29, 0.717) is 29.2 Å². The van der Waals surface area contributed by atoms with Crippen LogP contribution in [0.15, 0.2) is 16.8 Å². The number of fused-ring (bicyclic) bond motifs is 5. The van der Waals surface area contributed by atoms with Crippen LogP contribution < -0.4 is 0 Å². The number of oxime groups is 1. The molecule has 188 valence electrons. The van der Waals surface area contributed by atoms with Crippen LogP contribution in [-0.2, 0) is 24.1 Å². The van der Waals surface area contributed by atoms with Gasteiger partial charge < -0.3 is 14.8 Å². The number of imide groups is 1. The van der Waals surface area contributed by atoms with Crippen molar-refractivity contribution in [3.63, 3.8) is 0 Å². The van der Waals surface area contributed by atoms with Gasteiger partial charge in [0, 0.05) is 18.3 Å². The van der Waals surface area contributed by atoms with Gasteiger partial charge in [-0.3, -0.25) is 9.59 Å². The number of terminal acetylenes is 1. The number of amides is 2. The summed E-state index contributed by atoms with van der Waals surface area (Å²) in [5.41, 5.74) is 1.08. The van der Waals surface area contributed by atoms with Crippen molar-refractivity contribution in [1.82, 2.24) is 5.06 Å². The van der Waals surface area contributed by atoms with Crippen molar-refractivity contribution < 1.29 is 29.2 Å². The van der Waals surface area contributed by atoms with Crippen LogP contribution in [0.5, 0.6) is 0 Å². The molecule has 5 rings (SSSR count). The predicted molar refractivity (Wildman–Crippen MR) is 126 cm³/mol. The van der Waals surface area contributed by atoms with E-state index >= 15 is 0 Å². The van der Waals surface area contributed by atoms with Crippen LogP contribution >= 0.6 is 0 Å². The van der Waals surface area contributed by atoms with Crippen molar-refractivity contribution in [2.75, 3.05) is 6.61 Å². The monoisotopic (exact) mass is 482 g/mol. The van der Waals surface area contributed by atoms with Gasteiger partial charge >= 0.3 is 5.97 Å². The Bertz CT molecular complexity index is 1040. The number of rotatable bonds is 4. The van der Waals surface area contributed by atoms with Crippen molar-refractivity contribution in [2.45, 2.75) is 83.7 Å². The fourth-order valence-corrected chi connectivity index (χ4v) is 7.85. The van der Waals surface area contributed by atoms with E-state index in [1.165, 1.54) is 5.57 Å². The lowest BCUT2D eigenvalue weighted by Gasteiger charge is -2.58. The van der Waals surface area contributed by atoms with E-state index in [4.69, 9.17) is 16.1 Å². The summed E-state index contributed by atoms with van der Waals surface area (Å²) < 4.78 is 0. The molecule has 1 heterocycles. The topological polar surface area (TPSA) is 106 Å². The molecule has 3 saturated carbocycles. The molecule has 0 aromatic heterocycles. The first-order valence-corrected chi connectivity index (χ1v) is 12.8. The first-order chi connectivity index (χ1) is 16.6. The Labute approximate surface area is 206 Å². The Morgan fingerprint density at radius 2 is 1.83 bits per heavy atom. The zero-order valence-corrected chi connectivity index (χ0v) is 20.5. The van der Waals surface area contributed by atoms with Crippen LogP contribution in [0.25, 0.3) is 0 Å². The predicted octanol–water partition coefficient (Wildman–Crippen LogP) is 3.29. The Morgan fingerprint density at radius 1 is 1.11 bits per heavy atom. The number of hydrogen-bond donors (Lipinski definition) is 1. The quantitative estimate of drug-likeness (QED) is 0.375. The van der Waals surface area contributed by atoms with Gasteiger partial charge in [0.1, 0.15) is 5.60 Å². The van der Waals surface area contributed by atoms with Gasteiger partial charge in [-0.05, 0) is 80.6 Å². The Kier molecular flexibility index (Phi) is 5.83. The van der Waals surface area contributed by atoms with Crippen LogP contribution in [-0.4, -0.2) is 45.9 Å². The SMILES string of the molecule is C#C[C@@]1(O)CC[C@@H]2[C@H]3CCC4=C/C(=N/OCC(=O)ON5C(=O)CCC5=O)CC[C@]4(C)[C@@H]3CC[C@@]21C. The summed E-state index contributed by atoms with van der Waals surface area (Å²) in [5.74, 6) is 2.46. The molecule has 8 nitrogen and oxygen atoms in total. The molecule has 2 amide bonds. The van der Waals surface area contributed by atoms with Gasteiger partial charge in [-0.2, -0.15) is 0 Å². The molecule has 1 aliphatic heterocycles. The summed E-state index contributed by atoms with van der Waals surface area (Å²) in [6.45, 7) is 4.11.